The second-order valence-corrected chi connectivity index (χ2v) is 16.5. The van der Waals surface area contributed by atoms with Gasteiger partial charge in [-0.05, 0) is 62.3 Å². The Morgan fingerprint density at radius 1 is 1.18 bits per heavy atom. The van der Waals surface area contributed by atoms with Crippen LogP contribution in [0.15, 0.2) is 17.5 Å². The normalized spacial score (nSPS) is 30.4. The van der Waals surface area contributed by atoms with Gasteiger partial charge in [0.1, 0.15) is 6.04 Å². The summed E-state index contributed by atoms with van der Waals surface area (Å²) in [6, 6.07) is 2.49. The third-order valence-electron chi connectivity index (χ3n) is 8.07. The summed E-state index contributed by atoms with van der Waals surface area (Å²) >= 11 is 7.14. The molecule has 0 radical (unpaired) electrons. The maximum atomic E-state index is 13.3. The third-order valence-corrected chi connectivity index (χ3v) is 12.0. The summed E-state index contributed by atoms with van der Waals surface area (Å²) in [5.41, 5.74) is 0. The van der Waals surface area contributed by atoms with Gasteiger partial charge in [-0.25, -0.2) is 16.8 Å². The summed E-state index contributed by atoms with van der Waals surface area (Å²) in [7, 11) is -6.95. The summed E-state index contributed by atoms with van der Waals surface area (Å²) in [5, 5.41) is 0.674. The SMILES string of the molecule is CS(=O)(=O)C1CCN(C[C@@H]2C3C[C@H]3CN2C(=O)CN2CCCC(NS(=O)(=O)/C=C/c3ccc(Cl)s3)C2=O)C1. The summed E-state index contributed by atoms with van der Waals surface area (Å²) in [4.78, 5) is 32.6. The molecule has 1 N–H and O–H groups in total. The number of carbonyl (C=O) groups excluding carboxylic acids is 2. The van der Waals surface area contributed by atoms with Gasteiger partial charge in [0.2, 0.25) is 21.8 Å². The molecule has 210 valence electrons. The van der Waals surface area contributed by atoms with Gasteiger partial charge in [-0.15, -0.1) is 11.3 Å². The number of sulfonamides is 1. The van der Waals surface area contributed by atoms with Gasteiger partial charge in [-0.1, -0.05) is 11.6 Å². The van der Waals surface area contributed by atoms with Crippen LogP contribution in [-0.4, -0.2) is 106 Å². The Morgan fingerprint density at radius 2 is 1.97 bits per heavy atom. The maximum Gasteiger partial charge on any atom is 0.242 e. The van der Waals surface area contributed by atoms with Crippen LogP contribution in [0.3, 0.4) is 0 Å². The highest BCUT2D eigenvalue weighted by molar-refractivity contribution is 7.92. The maximum absolute atomic E-state index is 13.3. The molecule has 4 heterocycles. The fourth-order valence-electron chi connectivity index (χ4n) is 5.94. The second-order valence-electron chi connectivity index (χ2n) is 10.8. The van der Waals surface area contributed by atoms with E-state index in [4.69, 9.17) is 11.6 Å². The summed E-state index contributed by atoms with van der Waals surface area (Å²) in [6.07, 6.45) is 5.37. The molecule has 5 atom stereocenters. The number of thiophene rings is 1. The number of amides is 2. The molecular weight excluding hydrogens is 572 g/mol. The highest BCUT2D eigenvalue weighted by atomic mass is 35.5. The van der Waals surface area contributed by atoms with Crippen LogP contribution in [0, 0.1) is 11.8 Å². The Balaban J connectivity index is 1.17. The predicted molar refractivity (Wildman–Crippen MR) is 147 cm³/mol. The molecule has 0 bridgehead atoms. The molecule has 0 aromatic carbocycles. The van der Waals surface area contributed by atoms with Gasteiger partial charge in [-0.2, -0.15) is 4.72 Å². The smallest absolute Gasteiger partial charge is 0.242 e. The number of sulfone groups is 1. The summed E-state index contributed by atoms with van der Waals surface area (Å²) in [6.45, 7) is 2.83. The monoisotopic (exact) mass is 604 g/mol. The number of likely N-dealkylation sites (tertiary alicyclic amines) is 3. The fourth-order valence-corrected chi connectivity index (χ4v) is 9.03. The van der Waals surface area contributed by atoms with Crippen LogP contribution in [0.1, 0.15) is 30.6 Å². The van der Waals surface area contributed by atoms with E-state index in [2.05, 4.69) is 9.62 Å². The molecular formula is C24H33ClN4O6S3. The van der Waals surface area contributed by atoms with Gasteiger partial charge in [0.05, 0.1) is 16.1 Å². The van der Waals surface area contributed by atoms with Gasteiger partial charge < -0.3 is 9.80 Å². The Kier molecular flexibility index (Phi) is 7.98. The first kappa shape index (κ1) is 28.0. The molecule has 5 rings (SSSR count). The van der Waals surface area contributed by atoms with Crippen LogP contribution in [0.25, 0.3) is 6.08 Å². The highest BCUT2D eigenvalue weighted by Crippen LogP contribution is 2.50. The molecule has 4 aliphatic rings. The first-order chi connectivity index (χ1) is 17.9. The van der Waals surface area contributed by atoms with Crippen molar-refractivity contribution in [3.63, 3.8) is 0 Å². The van der Waals surface area contributed by atoms with Crippen LogP contribution in [0.5, 0.6) is 0 Å². The molecule has 1 aromatic rings. The lowest BCUT2D eigenvalue weighted by Gasteiger charge is -2.35. The van der Waals surface area contributed by atoms with Crippen LogP contribution >= 0.6 is 22.9 Å². The van der Waals surface area contributed by atoms with E-state index in [1.54, 1.807) is 12.1 Å². The number of hydrogen-bond donors (Lipinski definition) is 1. The molecule has 4 fully saturated rings. The summed E-state index contributed by atoms with van der Waals surface area (Å²) in [5.74, 6) is 0.376. The Morgan fingerprint density at radius 3 is 2.66 bits per heavy atom. The molecule has 3 unspecified atom stereocenters. The molecule has 1 aromatic heterocycles. The van der Waals surface area contributed by atoms with Crippen molar-refractivity contribution in [1.29, 1.82) is 0 Å². The number of hydrogen-bond acceptors (Lipinski definition) is 8. The first-order valence-electron chi connectivity index (χ1n) is 12.8. The number of fused-ring (bicyclic) bond motifs is 1. The number of halogens is 1. The average Bonchev–Trinajstić information content (AvgIpc) is 3.14. The lowest BCUT2D eigenvalue weighted by Crippen LogP contribution is -2.55. The van der Waals surface area contributed by atoms with Gasteiger partial charge in [0.25, 0.3) is 0 Å². The van der Waals surface area contributed by atoms with E-state index in [0.717, 1.165) is 11.8 Å². The lowest BCUT2D eigenvalue weighted by molar-refractivity contribution is -0.144. The number of nitrogens with zero attached hydrogens (tertiary/aromatic N) is 3. The third kappa shape index (κ3) is 6.44. The molecule has 14 heteroatoms. The van der Waals surface area contributed by atoms with Crippen LogP contribution in [0.2, 0.25) is 4.34 Å². The average molecular weight is 605 g/mol. The van der Waals surface area contributed by atoms with Gasteiger partial charge in [0.15, 0.2) is 9.84 Å². The molecule has 1 aliphatic carbocycles. The zero-order chi connectivity index (χ0) is 27.2. The zero-order valence-electron chi connectivity index (χ0n) is 21.2. The van der Waals surface area contributed by atoms with Crippen molar-refractivity contribution >= 4 is 60.7 Å². The summed E-state index contributed by atoms with van der Waals surface area (Å²) < 4.78 is 52.1. The minimum atomic E-state index is -3.87. The fraction of sp³-hybridized carbons (Fsp3) is 0.667. The highest BCUT2D eigenvalue weighted by Gasteiger charge is 2.54. The molecule has 38 heavy (non-hydrogen) atoms. The second kappa shape index (κ2) is 10.8. The van der Waals surface area contributed by atoms with E-state index in [1.165, 1.54) is 28.6 Å². The van der Waals surface area contributed by atoms with E-state index >= 15 is 0 Å². The molecule has 1 saturated carbocycles. The molecule has 10 nitrogen and oxygen atoms in total. The zero-order valence-corrected chi connectivity index (χ0v) is 24.4. The van der Waals surface area contributed by atoms with E-state index in [9.17, 15) is 26.4 Å². The van der Waals surface area contributed by atoms with E-state index in [1.807, 2.05) is 4.90 Å². The van der Waals surface area contributed by atoms with Gasteiger partial charge >= 0.3 is 0 Å². The minimum absolute atomic E-state index is 0.0240. The minimum Gasteiger partial charge on any atom is -0.336 e. The number of nitrogens with one attached hydrogen (secondary N) is 1. The Bertz CT molecular complexity index is 1330. The van der Waals surface area contributed by atoms with Crippen molar-refractivity contribution in [3.8, 4) is 0 Å². The topological polar surface area (TPSA) is 124 Å². The number of rotatable bonds is 9. The van der Waals surface area contributed by atoms with Crippen LogP contribution in [0.4, 0.5) is 0 Å². The van der Waals surface area contributed by atoms with Crippen molar-refractivity contribution in [2.75, 3.05) is 45.5 Å². The van der Waals surface area contributed by atoms with Crippen LogP contribution in [-0.2, 0) is 29.4 Å². The first-order valence-corrected chi connectivity index (χ1v) is 17.5. The van der Waals surface area contributed by atoms with Crippen molar-refractivity contribution < 1.29 is 26.4 Å². The van der Waals surface area contributed by atoms with Crippen LogP contribution < -0.4 is 4.72 Å². The van der Waals surface area contributed by atoms with Gasteiger partial charge in [-0.3, -0.25) is 14.5 Å². The van der Waals surface area contributed by atoms with Crippen molar-refractivity contribution in [2.45, 2.75) is 43.0 Å². The van der Waals surface area contributed by atoms with E-state index in [-0.39, 0.29) is 23.7 Å². The standard InChI is InChI=1S/C24H33ClN4O6S3/c1-37(32,33)18-6-9-27(13-18)14-21-19-11-16(19)12-29(21)23(30)15-28-8-2-3-20(24(28)31)26-38(34,35)10-7-17-4-5-22(25)36-17/h4-5,7,10,16,18-21,26H,2-3,6,8-9,11-15H2,1H3/b10-7+/t16-,18?,19?,20?,21+/m0/s1. The lowest BCUT2D eigenvalue weighted by atomic mass is 10.1. The predicted octanol–water partition coefficient (Wildman–Crippen LogP) is 1.25. The molecule has 0 spiro atoms. The Labute approximate surface area is 232 Å². The van der Waals surface area contributed by atoms with E-state index < -0.39 is 31.8 Å². The van der Waals surface area contributed by atoms with Crippen molar-refractivity contribution in [1.82, 2.24) is 19.4 Å². The number of piperidine rings is 2. The van der Waals surface area contributed by atoms with E-state index in [0.29, 0.717) is 73.0 Å². The van der Waals surface area contributed by atoms with Crippen molar-refractivity contribution in [2.24, 2.45) is 11.8 Å². The largest absolute Gasteiger partial charge is 0.336 e. The van der Waals surface area contributed by atoms with Gasteiger partial charge in [0, 0.05) is 48.8 Å². The quantitative estimate of drug-likeness (QED) is 0.450. The van der Waals surface area contributed by atoms with Crippen molar-refractivity contribution in [3.05, 3.63) is 26.8 Å². The Hall–Kier alpha value is -1.51. The molecule has 3 saturated heterocycles. The number of carbonyl (C=O) groups is 2. The molecule has 3 aliphatic heterocycles. The molecule has 2 amide bonds.